The summed E-state index contributed by atoms with van der Waals surface area (Å²) in [6.45, 7) is 2.02. The van der Waals surface area contributed by atoms with Crippen LogP contribution in [0.3, 0.4) is 0 Å². The van der Waals surface area contributed by atoms with E-state index in [0.29, 0.717) is 0 Å². The molecule has 3 heteroatoms. The van der Waals surface area contributed by atoms with E-state index in [2.05, 4.69) is 24.3 Å². The molecule has 0 saturated heterocycles. The second-order valence-corrected chi connectivity index (χ2v) is 5.82. The zero-order chi connectivity index (χ0) is 16.4. The Labute approximate surface area is 136 Å². The molecular weight excluding hydrogens is 282 g/mol. The van der Waals surface area contributed by atoms with Crippen molar-refractivity contribution in [3.8, 4) is 0 Å². The fraction of sp³-hybridized carbons (Fsp3) is 0.100. The number of allylic oxidation sites excluding steroid dienone is 3. The highest BCUT2D eigenvalue weighted by Gasteiger charge is 2.12. The van der Waals surface area contributed by atoms with E-state index in [1.54, 1.807) is 0 Å². The SMILES string of the molecule is Cc1cc(C(=C2C=CC(N)C=C2)c2ccc(N)cc2)ccc1N. The summed E-state index contributed by atoms with van der Waals surface area (Å²) in [4.78, 5) is 0. The van der Waals surface area contributed by atoms with Gasteiger partial charge in [-0.2, -0.15) is 0 Å². The summed E-state index contributed by atoms with van der Waals surface area (Å²) in [7, 11) is 0. The molecule has 23 heavy (non-hydrogen) atoms. The van der Waals surface area contributed by atoms with Crippen LogP contribution < -0.4 is 17.2 Å². The van der Waals surface area contributed by atoms with Crippen LogP contribution in [0.2, 0.25) is 0 Å². The fourth-order valence-corrected chi connectivity index (χ4v) is 2.70. The highest BCUT2D eigenvalue weighted by molar-refractivity contribution is 5.86. The topological polar surface area (TPSA) is 78.1 Å². The van der Waals surface area contributed by atoms with E-state index >= 15 is 0 Å². The molecule has 1 aliphatic carbocycles. The molecule has 3 nitrogen and oxygen atoms in total. The lowest BCUT2D eigenvalue weighted by atomic mass is 9.89. The van der Waals surface area contributed by atoms with Crippen LogP contribution >= 0.6 is 0 Å². The lowest BCUT2D eigenvalue weighted by Gasteiger charge is -2.16. The lowest BCUT2D eigenvalue weighted by molar-refractivity contribution is 1.02. The Bertz CT molecular complexity index is 795. The maximum Gasteiger partial charge on any atom is 0.0416 e. The van der Waals surface area contributed by atoms with Crippen molar-refractivity contribution in [2.45, 2.75) is 13.0 Å². The predicted molar refractivity (Wildman–Crippen MR) is 98.7 cm³/mol. The van der Waals surface area contributed by atoms with Gasteiger partial charge in [0.25, 0.3) is 0 Å². The van der Waals surface area contributed by atoms with Crippen molar-refractivity contribution in [2.75, 3.05) is 11.5 Å². The van der Waals surface area contributed by atoms with E-state index < -0.39 is 0 Å². The fourth-order valence-electron chi connectivity index (χ4n) is 2.70. The summed E-state index contributed by atoms with van der Waals surface area (Å²) in [5.41, 5.74) is 24.8. The van der Waals surface area contributed by atoms with Gasteiger partial charge in [0, 0.05) is 17.4 Å². The van der Waals surface area contributed by atoms with Gasteiger partial charge in [0.2, 0.25) is 0 Å². The van der Waals surface area contributed by atoms with Gasteiger partial charge in [-0.3, -0.25) is 0 Å². The van der Waals surface area contributed by atoms with Gasteiger partial charge >= 0.3 is 0 Å². The first-order chi connectivity index (χ1) is 11.0. The Morgan fingerprint density at radius 1 is 0.870 bits per heavy atom. The summed E-state index contributed by atoms with van der Waals surface area (Å²) < 4.78 is 0. The quantitative estimate of drug-likeness (QED) is 0.744. The van der Waals surface area contributed by atoms with Gasteiger partial charge < -0.3 is 17.2 Å². The second kappa shape index (κ2) is 6.15. The highest BCUT2D eigenvalue weighted by Crippen LogP contribution is 2.31. The van der Waals surface area contributed by atoms with Crippen molar-refractivity contribution in [3.05, 3.63) is 89.0 Å². The van der Waals surface area contributed by atoms with Crippen molar-refractivity contribution >= 4 is 16.9 Å². The Hall–Kier alpha value is -2.78. The van der Waals surface area contributed by atoms with Crippen LogP contribution in [-0.2, 0) is 0 Å². The number of rotatable bonds is 2. The molecule has 0 heterocycles. The van der Waals surface area contributed by atoms with Gasteiger partial charge in [0.05, 0.1) is 0 Å². The number of nitrogens with two attached hydrogens (primary N) is 3. The second-order valence-electron chi connectivity index (χ2n) is 5.82. The zero-order valence-corrected chi connectivity index (χ0v) is 13.2. The number of benzene rings is 2. The van der Waals surface area contributed by atoms with E-state index in [1.165, 1.54) is 0 Å². The average Bonchev–Trinajstić information content (AvgIpc) is 2.55. The normalized spacial score (nSPS) is 16.6. The molecule has 0 saturated carbocycles. The highest BCUT2D eigenvalue weighted by atomic mass is 14.6. The standard InChI is InChI=1S/C20H21N3/c1-13-12-16(6-11-19(13)23)20(14-2-7-17(21)8-3-14)15-4-9-18(22)10-5-15/h2-12,17H,21-23H2,1H3. The number of anilines is 2. The largest absolute Gasteiger partial charge is 0.399 e. The molecule has 0 fully saturated rings. The average molecular weight is 303 g/mol. The Morgan fingerprint density at radius 2 is 1.48 bits per heavy atom. The van der Waals surface area contributed by atoms with Gasteiger partial charge in [-0.1, -0.05) is 42.5 Å². The Balaban J connectivity index is 2.20. The first-order valence-corrected chi connectivity index (χ1v) is 7.63. The molecule has 2 aromatic rings. The summed E-state index contributed by atoms with van der Waals surface area (Å²) in [6, 6.07) is 14.0. The monoisotopic (exact) mass is 303 g/mol. The minimum absolute atomic E-state index is 0.0282. The molecule has 0 amide bonds. The number of hydrogen-bond donors (Lipinski definition) is 3. The molecule has 0 atom stereocenters. The number of hydrogen-bond acceptors (Lipinski definition) is 3. The molecule has 1 aliphatic rings. The van der Waals surface area contributed by atoms with Gasteiger partial charge in [0.15, 0.2) is 0 Å². The molecule has 0 spiro atoms. The van der Waals surface area contributed by atoms with Crippen molar-refractivity contribution in [3.63, 3.8) is 0 Å². The molecular formula is C20H21N3. The summed E-state index contributed by atoms with van der Waals surface area (Å²) in [5, 5.41) is 0. The molecule has 0 aliphatic heterocycles. The summed E-state index contributed by atoms with van der Waals surface area (Å²) >= 11 is 0. The molecule has 0 unspecified atom stereocenters. The smallest absolute Gasteiger partial charge is 0.0416 e. The van der Waals surface area contributed by atoms with Crippen molar-refractivity contribution in [2.24, 2.45) is 5.73 Å². The first-order valence-electron chi connectivity index (χ1n) is 7.63. The molecule has 0 bridgehead atoms. The summed E-state index contributed by atoms with van der Waals surface area (Å²) in [5.74, 6) is 0. The van der Waals surface area contributed by atoms with Crippen LogP contribution in [0.25, 0.3) is 5.57 Å². The van der Waals surface area contributed by atoms with Crippen LogP contribution in [0.5, 0.6) is 0 Å². The van der Waals surface area contributed by atoms with E-state index in [9.17, 15) is 0 Å². The molecule has 0 aromatic heterocycles. The minimum atomic E-state index is -0.0282. The van der Waals surface area contributed by atoms with E-state index in [-0.39, 0.29) is 6.04 Å². The van der Waals surface area contributed by atoms with E-state index in [1.807, 2.05) is 49.4 Å². The summed E-state index contributed by atoms with van der Waals surface area (Å²) in [6.07, 6.45) is 8.14. The lowest BCUT2D eigenvalue weighted by Crippen LogP contribution is -2.15. The van der Waals surface area contributed by atoms with Crippen LogP contribution in [0.15, 0.2) is 72.3 Å². The van der Waals surface area contributed by atoms with Crippen LogP contribution in [0.1, 0.15) is 16.7 Å². The van der Waals surface area contributed by atoms with Crippen LogP contribution in [-0.4, -0.2) is 6.04 Å². The van der Waals surface area contributed by atoms with Crippen molar-refractivity contribution in [1.29, 1.82) is 0 Å². The van der Waals surface area contributed by atoms with E-state index in [4.69, 9.17) is 17.2 Å². The Morgan fingerprint density at radius 3 is 2.09 bits per heavy atom. The van der Waals surface area contributed by atoms with Gasteiger partial charge in [0.1, 0.15) is 0 Å². The molecule has 0 radical (unpaired) electrons. The maximum atomic E-state index is 5.97. The van der Waals surface area contributed by atoms with Gasteiger partial charge in [-0.15, -0.1) is 0 Å². The third-order valence-electron chi connectivity index (χ3n) is 4.04. The number of nitrogen functional groups attached to an aromatic ring is 2. The maximum absolute atomic E-state index is 5.97. The molecule has 3 rings (SSSR count). The number of aryl methyl sites for hydroxylation is 1. The van der Waals surface area contributed by atoms with Crippen molar-refractivity contribution in [1.82, 2.24) is 0 Å². The molecule has 2 aromatic carbocycles. The predicted octanol–water partition coefficient (Wildman–Crippen LogP) is 3.41. The zero-order valence-electron chi connectivity index (χ0n) is 13.2. The third-order valence-corrected chi connectivity index (χ3v) is 4.04. The van der Waals surface area contributed by atoms with Gasteiger partial charge in [-0.05, 0) is 59.0 Å². The van der Waals surface area contributed by atoms with Crippen molar-refractivity contribution < 1.29 is 0 Å². The third kappa shape index (κ3) is 3.20. The minimum Gasteiger partial charge on any atom is -0.399 e. The first kappa shape index (κ1) is 15.1. The van der Waals surface area contributed by atoms with Crippen LogP contribution in [0, 0.1) is 6.92 Å². The van der Waals surface area contributed by atoms with Crippen LogP contribution in [0.4, 0.5) is 11.4 Å². The Kier molecular flexibility index (Phi) is 4.04. The van der Waals surface area contributed by atoms with E-state index in [0.717, 1.165) is 39.2 Å². The van der Waals surface area contributed by atoms with Gasteiger partial charge in [-0.25, -0.2) is 0 Å². The molecule has 116 valence electrons. The molecule has 6 N–H and O–H groups in total.